The number of likely N-dealkylation sites (tertiary alicyclic amines) is 1. The van der Waals surface area contributed by atoms with Crippen LogP contribution in [0.25, 0.3) is 10.1 Å². The highest BCUT2D eigenvalue weighted by molar-refractivity contribution is 7.21. The number of pyridine rings is 1. The quantitative estimate of drug-likeness (QED) is 0.840. The Bertz CT molecular complexity index is 714. The molecule has 1 aliphatic heterocycles. The van der Waals surface area contributed by atoms with E-state index in [0.29, 0.717) is 23.0 Å². The van der Waals surface area contributed by atoms with Gasteiger partial charge >= 0.3 is 0 Å². The summed E-state index contributed by atoms with van der Waals surface area (Å²) in [4.78, 5) is 19.3. The molecule has 1 saturated heterocycles. The molecular formula is C15H17N3O2S. The average molecular weight is 303 g/mol. The molecule has 3 N–H and O–H groups in total. The molecule has 0 spiro atoms. The molecule has 2 aliphatic rings. The Morgan fingerprint density at radius 3 is 3.05 bits per heavy atom. The molecule has 1 aliphatic carbocycles. The normalized spacial score (nSPS) is 28.2. The molecule has 1 amide bonds. The van der Waals surface area contributed by atoms with Crippen molar-refractivity contribution >= 4 is 33.0 Å². The van der Waals surface area contributed by atoms with Gasteiger partial charge in [0.25, 0.3) is 5.91 Å². The zero-order chi connectivity index (χ0) is 14.6. The fraction of sp³-hybridized carbons (Fsp3) is 0.467. The lowest BCUT2D eigenvalue weighted by atomic mass is 10.00. The summed E-state index contributed by atoms with van der Waals surface area (Å²) in [6.07, 6.45) is 5.07. The van der Waals surface area contributed by atoms with Crippen molar-refractivity contribution in [3.8, 4) is 0 Å². The molecule has 3 heterocycles. The Balaban J connectivity index is 1.64. The van der Waals surface area contributed by atoms with Crippen molar-refractivity contribution in [2.24, 2.45) is 11.8 Å². The number of thiophene rings is 1. The third-order valence-electron chi connectivity index (χ3n) is 4.83. The first kappa shape index (κ1) is 13.0. The van der Waals surface area contributed by atoms with E-state index >= 15 is 0 Å². The van der Waals surface area contributed by atoms with Crippen LogP contribution in [0.4, 0.5) is 5.69 Å². The summed E-state index contributed by atoms with van der Waals surface area (Å²) in [5, 5.41) is 10.9. The van der Waals surface area contributed by atoms with Gasteiger partial charge in [-0.3, -0.25) is 9.78 Å². The first-order chi connectivity index (χ1) is 10.1. The number of nitrogens with two attached hydrogens (primary N) is 1. The fourth-order valence-corrected chi connectivity index (χ4v) is 4.73. The smallest absolute Gasteiger partial charge is 0.266 e. The van der Waals surface area contributed by atoms with E-state index in [4.69, 9.17) is 5.73 Å². The first-order valence-corrected chi connectivity index (χ1v) is 8.06. The molecule has 3 unspecified atom stereocenters. The highest BCUT2D eigenvalue weighted by Gasteiger charge is 2.43. The number of fused-ring (bicyclic) bond motifs is 2. The van der Waals surface area contributed by atoms with Crippen LogP contribution in [-0.2, 0) is 0 Å². The molecule has 0 radical (unpaired) electrons. The zero-order valence-electron chi connectivity index (χ0n) is 11.5. The van der Waals surface area contributed by atoms with Gasteiger partial charge in [0.1, 0.15) is 4.88 Å². The van der Waals surface area contributed by atoms with Gasteiger partial charge in [-0.25, -0.2) is 0 Å². The third-order valence-corrected chi connectivity index (χ3v) is 5.98. The van der Waals surface area contributed by atoms with Crippen molar-refractivity contribution in [2.75, 3.05) is 18.8 Å². The summed E-state index contributed by atoms with van der Waals surface area (Å²) in [5.41, 5.74) is 6.69. The Kier molecular flexibility index (Phi) is 2.90. The van der Waals surface area contributed by atoms with Crippen molar-refractivity contribution in [3.63, 3.8) is 0 Å². The van der Waals surface area contributed by atoms with E-state index in [1.807, 2.05) is 11.0 Å². The summed E-state index contributed by atoms with van der Waals surface area (Å²) in [5.74, 6) is 0.683. The molecule has 2 aromatic rings. The molecule has 5 nitrogen and oxygen atoms in total. The van der Waals surface area contributed by atoms with E-state index in [-0.39, 0.29) is 17.9 Å². The molecule has 110 valence electrons. The van der Waals surface area contributed by atoms with Crippen LogP contribution in [0.1, 0.15) is 22.5 Å². The van der Waals surface area contributed by atoms with Crippen LogP contribution in [0.3, 0.4) is 0 Å². The van der Waals surface area contributed by atoms with E-state index < -0.39 is 0 Å². The standard InChI is InChI=1S/C15H17N3O2S/c16-13-9-3-4-17-5-12(9)21-14(13)15(20)18-6-8-1-2-11(19)10(8)7-18/h3-5,8,10-11,19H,1-2,6-7,16H2. The zero-order valence-corrected chi connectivity index (χ0v) is 12.3. The average Bonchev–Trinajstić information content (AvgIpc) is 3.15. The second-order valence-corrected chi connectivity index (χ2v) is 7.05. The van der Waals surface area contributed by atoms with Crippen molar-refractivity contribution in [1.29, 1.82) is 0 Å². The second-order valence-electron chi connectivity index (χ2n) is 6.00. The van der Waals surface area contributed by atoms with Crippen LogP contribution in [0, 0.1) is 11.8 Å². The number of rotatable bonds is 1. The lowest BCUT2D eigenvalue weighted by Gasteiger charge is -2.18. The number of aromatic nitrogens is 1. The van der Waals surface area contributed by atoms with Gasteiger partial charge < -0.3 is 15.7 Å². The minimum Gasteiger partial charge on any atom is -0.397 e. The maximum Gasteiger partial charge on any atom is 0.266 e. The number of nitrogen functional groups attached to an aromatic ring is 1. The monoisotopic (exact) mass is 303 g/mol. The number of carbonyl (C=O) groups is 1. The minimum absolute atomic E-state index is 0.00435. The highest BCUT2D eigenvalue weighted by atomic mass is 32.1. The van der Waals surface area contributed by atoms with Crippen LogP contribution >= 0.6 is 11.3 Å². The number of nitrogens with zero attached hydrogens (tertiary/aromatic N) is 2. The van der Waals surface area contributed by atoms with Gasteiger partial charge in [0.2, 0.25) is 0 Å². The van der Waals surface area contributed by atoms with E-state index in [9.17, 15) is 9.90 Å². The third kappa shape index (κ3) is 1.93. The molecule has 4 rings (SSSR count). The van der Waals surface area contributed by atoms with Crippen molar-refractivity contribution in [2.45, 2.75) is 18.9 Å². The van der Waals surface area contributed by atoms with E-state index in [1.165, 1.54) is 11.3 Å². The number of hydrogen-bond donors (Lipinski definition) is 2. The van der Waals surface area contributed by atoms with Crippen molar-refractivity contribution in [3.05, 3.63) is 23.3 Å². The minimum atomic E-state index is -0.253. The predicted molar refractivity (Wildman–Crippen MR) is 82.2 cm³/mol. The predicted octanol–water partition coefficient (Wildman–Crippen LogP) is 1.72. The van der Waals surface area contributed by atoms with E-state index in [2.05, 4.69) is 4.98 Å². The molecule has 2 fully saturated rings. The number of aliphatic hydroxyl groups is 1. The summed E-state index contributed by atoms with van der Waals surface area (Å²) in [7, 11) is 0. The Morgan fingerprint density at radius 2 is 2.29 bits per heavy atom. The van der Waals surface area contributed by atoms with Gasteiger partial charge in [0, 0.05) is 36.8 Å². The summed E-state index contributed by atoms with van der Waals surface area (Å²) in [6.45, 7) is 1.39. The molecule has 6 heteroatoms. The van der Waals surface area contributed by atoms with Gasteiger partial charge in [-0.2, -0.15) is 0 Å². The van der Waals surface area contributed by atoms with Crippen molar-refractivity contribution < 1.29 is 9.90 Å². The molecule has 1 saturated carbocycles. The van der Waals surface area contributed by atoms with Crippen LogP contribution in [0.2, 0.25) is 0 Å². The summed E-state index contributed by atoms with van der Waals surface area (Å²) < 4.78 is 0.942. The van der Waals surface area contributed by atoms with Gasteiger partial charge in [0.15, 0.2) is 0 Å². The van der Waals surface area contributed by atoms with Gasteiger partial charge in [-0.15, -0.1) is 11.3 Å². The lowest BCUT2D eigenvalue weighted by Crippen LogP contribution is -2.30. The maximum atomic E-state index is 12.7. The highest BCUT2D eigenvalue weighted by Crippen LogP contribution is 2.40. The topological polar surface area (TPSA) is 79.5 Å². The number of carbonyl (C=O) groups excluding carboxylic acids is 1. The SMILES string of the molecule is Nc1c(C(=O)N2CC3CCC(O)C3C2)sc2cnccc12. The number of amides is 1. The number of hydrogen-bond acceptors (Lipinski definition) is 5. The number of anilines is 1. The van der Waals surface area contributed by atoms with Crippen LogP contribution in [0.5, 0.6) is 0 Å². The van der Waals surface area contributed by atoms with Crippen LogP contribution in [0.15, 0.2) is 18.5 Å². The van der Waals surface area contributed by atoms with E-state index in [1.54, 1.807) is 12.4 Å². The van der Waals surface area contributed by atoms with Crippen LogP contribution < -0.4 is 5.73 Å². The molecule has 3 atom stereocenters. The molecule has 21 heavy (non-hydrogen) atoms. The molecule has 0 bridgehead atoms. The Labute approximate surface area is 126 Å². The van der Waals surface area contributed by atoms with Gasteiger partial charge in [0.05, 0.1) is 16.5 Å². The maximum absolute atomic E-state index is 12.7. The van der Waals surface area contributed by atoms with Gasteiger partial charge in [-0.05, 0) is 24.8 Å². The summed E-state index contributed by atoms with van der Waals surface area (Å²) in [6, 6.07) is 1.85. The Morgan fingerprint density at radius 1 is 1.43 bits per heavy atom. The Hall–Kier alpha value is -1.66. The first-order valence-electron chi connectivity index (χ1n) is 7.24. The largest absolute Gasteiger partial charge is 0.397 e. The van der Waals surface area contributed by atoms with Crippen LogP contribution in [-0.4, -0.2) is 40.1 Å². The van der Waals surface area contributed by atoms with Crippen molar-refractivity contribution in [1.82, 2.24) is 9.88 Å². The second kappa shape index (κ2) is 4.68. The van der Waals surface area contributed by atoms with Gasteiger partial charge in [-0.1, -0.05) is 0 Å². The fourth-order valence-electron chi connectivity index (χ4n) is 3.68. The molecule has 0 aromatic carbocycles. The lowest BCUT2D eigenvalue weighted by molar-refractivity contribution is 0.0758. The summed E-state index contributed by atoms with van der Waals surface area (Å²) >= 11 is 1.41. The molecular weight excluding hydrogens is 286 g/mol. The molecule has 2 aromatic heterocycles. The number of aliphatic hydroxyl groups excluding tert-OH is 1. The van der Waals surface area contributed by atoms with E-state index in [0.717, 1.165) is 29.5 Å².